The van der Waals surface area contributed by atoms with Gasteiger partial charge in [-0.3, -0.25) is 0 Å². The van der Waals surface area contributed by atoms with Gasteiger partial charge in [-0.2, -0.15) is 10.4 Å². The molecule has 0 aliphatic carbocycles. The van der Waals surface area contributed by atoms with Gasteiger partial charge in [0.05, 0.1) is 23.4 Å². The van der Waals surface area contributed by atoms with Crippen LogP contribution in [0.25, 0.3) is 10.8 Å². The zero-order chi connectivity index (χ0) is 22.4. The minimum absolute atomic E-state index is 0.0105. The number of anilines is 2. The standard InChI is InChI=1S/C26H30N6/c1-16-20(14-27)6-5-7-22(16)17(2)28-26-24-13-25-19(12-23(24)18(3)29-30-26)8-11-32(25)21-9-10-31(4)15-21/h5-7,12-13,17,21H,8-11,15H2,1-4H3,(H,28,30)/t17-,21?/m1/s1. The first-order valence-electron chi connectivity index (χ1n) is 11.5. The molecule has 6 heteroatoms. The zero-order valence-electron chi connectivity index (χ0n) is 19.3. The second-order valence-electron chi connectivity index (χ2n) is 9.31. The van der Waals surface area contributed by atoms with Gasteiger partial charge in [-0.15, -0.1) is 5.10 Å². The van der Waals surface area contributed by atoms with Gasteiger partial charge in [0.2, 0.25) is 0 Å². The summed E-state index contributed by atoms with van der Waals surface area (Å²) >= 11 is 0. The van der Waals surface area contributed by atoms with Crippen molar-refractivity contribution in [1.29, 1.82) is 5.26 Å². The molecule has 0 saturated carbocycles. The Kier molecular flexibility index (Phi) is 5.22. The largest absolute Gasteiger partial charge is 0.367 e. The Hall–Kier alpha value is -3.17. The molecule has 3 aromatic rings. The number of likely N-dealkylation sites (tertiary alicyclic amines) is 1. The Morgan fingerprint density at radius 3 is 2.75 bits per heavy atom. The lowest BCUT2D eigenvalue weighted by Crippen LogP contribution is -2.35. The highest BCUT2D eigenvalue weighted by Gasteiger charge is 2.31. The molecule has 0 radical (unpaired) electrons. The number of aromatic nitrogens is 2. The molecule has 6 nitrogen and oxygen atoms in total. The van der Waals surface area contributed by atoms with Gasteiger partial charge in [0.25, 0.3) is 0 Å². The highest BCUT2D eigenvalue weighted by molar-refractivity contribution is 5.97. The second-order valence-corrected chi connectivity index (χ2v) is 9.31. The maximum Gasteiger partial charge on any atom is 0.157 e. The zero-order valence-corrected chi connectivity index (χ0v) is 19.3. The molecule has 32 heavy (non-hydrogen) atoms. The summed E-state index contributed by atoms with van der Waals surface area (Å²) in [7, 11) is 2.21. The number of likely N-dealkylation sites (N-methyl/N-ethyl adjacent to an activating group) is 1. The minimum Gasteiger partial charge on any atom is -0.367 e. The van der Waals surface area contributed by atoms with Crippen LogP contribution in [0.5, 0.6) is 0 Å². The fourth-order valence-electron chi connectivity index (χ4n) is 5.37. The van der Waals surface area contributed by atoms with Crippen molar-refractivity contribution >= 4 is 22.3 Å². The number of nitrogens with one attached hydrogen (secondary N) is 1. The first-order chi connectivity index (χ1) is 15.5. The second kappa shape index (κ2) is 8.07. The molecule has 0 spiro atoms. The predicted octanol–water partition coefficient (Wildman–Crippen LogP) is 4.36. The smallest absolute Gasteiger partial charge is 0.157 e. The molecule has 0 amide bonds. The fraction of sp³-hybridized carbons (Fsp3) is 0.423. The van der Waals surface area contributed by atoms with E-state index in [0.717, 1.165) is 47.5 Å². The Morgan fingerprint density at radius 1 is 1.16 bits per heavy atom. The first kappa shape index (κ1) is 20.7. The Balaban J connectivity index is 1.53. The third-order valence-electron chi connectivity index (χ3n) is 7.22. The summed E-state index contributed by atoms with van der Waals surface area (Å²) in [5, 5.41) is 24.3. The molecule has 0 bridgehead atoms. The number of nitrogens with zero attached hydrogens (tertiary/aromatic N) is 5. The first-order valence-corrected chi connectivity index (χ1v) is 11.5. The summed E-state index contributed by atoms with van der Waals surface area (Å²) < 4.78 is 0. The van der Waals surface area contributed by atoms with E-state index in [1.165, 1.54) is 29.6 Å². The van der Waals surface area contributed by atoms with E-state index in [0.29, 0.717) is 11.6 Å². The van der Waals surface area contributed by atoms with Gasteiger partial charge < -0.3 is 15.1 Å². The summed E-state index contributed by atoms with van der Waals surface area (Å²) in [4.78, 5) is 5.02. The van der Waals surface area contributed by atoms with Gasteiger partial charge in [-0.05, 0) is 82.1 Å². The Bertz CT molecular complexity index is 1230. The molecule has 164 valence electrons. The maximum absolute atomic E-state index is 9.41. The summed E-state index contributed by atoms with van der Waals surface area (Å²) in [5.41, 5.74) is 6.56. The van der Waals surface area contributed by atoms with E-state index in [1.807, 2.05) is 26.0 Å². The molecule has 5 rings (SSSR count). The van der Waals surface area contributed by atoms with E-state index in [2.05, 4.69) is 63.6 Å². The molecule has 2 aliphatic rings. The van der Waals surface area contributed by atoms with Crippen LogP contribution in [0.4, 0.5) is 11.5 Å². The molecule has 1 unspecified atom stereocenters. The topological polar surface area (TPSA) is 68.1 Å². The van der Waals surface area contributed by atoms with Crippen molar-refractivity contribution in [3.05, 3.63) is 58.3 Å². The fourth-order valence-corrected chi connectivity index (χ4v) is 5.37. The number of hydrogen-bond acceptors (Lipinski definition) is 6. The number of nitriles is 1. The average Bonchev–Trinajstić information content (AvgIpc) is 3.40. The van der Waals surface area contributed by atoms with Gasteiger partial charge >= 0.3 is 0 Å². The van der Waals surface area contributed by atoms with E-state index in [1.54, 1.807) is 0 Å². The van der Waals surface area contributed by atoms with Crippen LogP contribution in [0.15, 0.2) is 30.3 Å². The number of rotatable bonds is 4. The minimum atomic E-state index is 0.0105. The molecule has 1 N–H and O–H groups in total. The van der Waals surface area contributed by atoms with Crippen LogP contribution in [0.3, 0.4) is 0 Å². The van der Waals surface area contributed by atoms with E-state index in [9.17, 15) is 5.26 Å². The summed E-state index contributed by atoms with van der Waals surface area (Å²) in [6, 6.07) is 13.4. The lowest BCUT2D eigenvalue weighted by molar-refractivity contribution is 0.408. The van der Waals surface area contributed by atoms with E-state index in [-0.39, 0.29) is 6.04 Å². The monoisotopic (exact) mass is 426 g/mol. The average molecular weight is 427 g/mol. The van der Waals surface area contributed by atoms with Crippen LogP contribution in [-0.4, -0.2) is 47.8 Å². The lowest BCUT2D eigenvalue weighted by atomic mass is 9.98. The molecule has 2 aliphatic heterocycles. The molecule has 2 aromatic carbocycles. The highest BCUT2D eigenvalue weighted by atomic mass is 15.3. The highest BCUT2D eigenvalue weighted by Crippen LogP contribution is 2.38. The van der Waals surface area contributed by atoms with Crippen molar-refractivity contribution in [2.45, 2.75) is 45.7 Å². The molecule has 3 heterocycles. The van der Waals surface area contributed by atoms with Gasteiger partial charge in [-0.1, -0.05) is 12.1 Å². The molecular formula is C26H30N6. The van der Waals surface area contributed by atoms with Crippen molar-refractivity contribution in [3.63, 3.8) is 0 Å². The van der Waals surface area contributed by atoms with Crippen LogP contribution in [0.1, 0.15) is 47.3 Å². The Morgan fingerprint density at radius 2 is 2.00 bits per heavy atom. The van der Waals surface area contributed by atoms with Gasteiger partial charge in [0, 0.05) is 35.6 Å². The third kappa shape index (κ3) is 3.47. The van der Waals surface area contributed by atoms with E-state index >= 15 is 0 Å². The van der Waals surface area contributed by atoms with Crippen molar-refractivity contribution in [2.75, 3.05) is 36.9 Å². The van der Waals surface area contributed by atoms with Crippen LogP contribution in [0, 0.1) is 25.2 Å². The number of aryl methyl sites for hydroxylation is 1. The quantitative estimate of drug-likeness (QED) is 0.669. The predicted molar refractivity (Wildman–Crippen MR) is 129 cm³/mol. The molecule has 1 fully saturated rings. The summed E-state index contributed by atoms with van der Waals surface area (Å²) in [6.45, 7) is 9.54. The normalized spacial score (nSPS) is 19.2. The lowest BCUT2D eigenvalue weighted by Gasteiger charge is -2.27. The van der Waals surface area contributed by atoms with E-state index in [4.69, 9.17) is 0 Å². The number of benzene rings is 2. The summed E-state index contributed by atoms with van der Waals surface area (Å²) in [6.07, 6.45) is 2.31. The van der Waals surface area contributed by atoms with Crippen LogP contribution in [-0.2, 0) is 6.42 Å². The number of hydrogen-bond donors (Lipinski definition) is 1. The maximum atomic E-state index is 9.41. The molecular weight excluding hydrogens is 396 g/mol. The van der Waals surface area contributed by atoms with Gasteiger partial charge in [-0.25, -0.2) is 0 Å². The number of fused-ring (bicyclic) bond motifs is 2. The van der Waals surface area contributed by atoms with Crippen molar-refractivity contribution < 1.29 is 0 Å². The van der Waals surface area contributed by atoms with Crippen molar-refractivity contribution in [1.82, 2.24) is 15.1 Å². The van der Waals surface area contributed by atoms with Crippen molar-refractivity contribution in [3.8, 4) is 6.07 Å². The van der Waals surface area contributed by atoms with Gasteiger partial charge in [0.15, 0.2) is 5.82 Å². The molecule has 1 saturated heterocycles. The summed E-state index contributed by atoms with van der Waals surface area (Å²) in [5.74, 6) is 0.804. The third-order valence-corrected chi connectivity index (χ3v) is 7.22. The van der Waals surface area contributed by atoms with E-state index < -0.39 is 0 Å². The van der Waals surface area contributed by atoms with Crippen LogP contribution < -0.4 is 10.2 Å². The van der Waals surface area contributed by atoms with Gasteiger partial charge in [0.1, 0.15) is 0 Å². The Labute approximate surface area is 189 Å². The van der Waals surface area contributed by atoms with Crippen LogP contribution >= 0.6 is 0 Å². The SMILES string of the molecule is Cc1c(C#N)cccc1[C@@H](C)Nc1nnc(C)c2cc3c(cc12)N(C1CCN(C)C1)CC3. The molecule has 2 atom stereocenters. The van der Waals surface area contributed by atoms with Crippen molar-refractivity contribution in [2.24, 2.45) is 0 Å². The molecule has 1 aromatic heterocycles. The van der Waals surface area contributed by atoms with Crippen LogP contribution in [0.2, 0.25) is 0 Å².